The van der Waals surface area contributed by atoms with Crippen LogP contribution >= 0.6 is 0 Å². The van der Waals surface area contributed by atoms with Gasteiger partial charge in [-0.1, -0.05) is 30.3 Å². The van der Waals surface area contributed by atoms with E-state index in [1.807, 2.05) is 48.5 Å². The fourth-order valence-electron chi connectivity index (χ4n) is 3.71. The summed E-state index contributed by atoms with van der Waals surface area (Å²) in [6.07, 6.45) is 0. The summed E-state index contributed by atoms with van der Waals surface area (Å²) in [4.78, 5) is 2.26. The van der Waals surface area contributed by atoms with Gasteiger partial charge in [0.1, 0.15) is 11.5 Å². The second-order valence-corrected chi connectivity index (χ2v) is 9.63. The molecule has 0 spiro atoms. The van der Waals surface area contributed by atoms with Gasteiger partial charge in [0.25, 0.3) is 10.0 Å². The highest BCUT2D eigenvalue weighted by Crippen LogP contribution is 2.26. The first-order valence-electron chi connectivity index (χ1n) is 11.2. The van der Waals surface area contributed by atoms with Crippen molar-refractivity contribution in [1.82, 2.24) is 10.2 Å². The van der Waals surface area contributed by atoms with Crippen molar-refractivity contribution in [2.75, 3.05) is 35.9 Å². The summed E-state index contributed by atoms with van der Waals surface area (Å²) < 4.78 is 39.6. The van der Waals surface area contributed by atoms with Crippen LogP contribution < -0.4 is 14.4 Å². The van der Waals surface area contributed by atoms with Crippen molar-refractivity contribution >= 4 is 21.5 Å². The summed E-state index contributed by atoms with van der Waals surface area (Å²) in [5, 5.41) is 8.68. The lowest BCUT2D eigenvalue weighted by molar-refractivity contribution is 0.122. The first-order valence-corrected chi connectivity index (χ1v) is 12.7. The molecule has 2 heterocycles. The van der Waals surface area contributed by atoms with Crippen LogP contribution in [0.1, 0.15) is 0 Å². The van der Waals surface area contributed by atoms with Crippen LogP contribution in [0.4, 0.5) is 11.5 Å². The van der Waals surface area contributed by atoms with Crippen molar-refractivity contribution in [1.29, 1.82) is 0 Å². The molecule has 1 aliphatic rings. The number of benzene rings is 3. The third kappa shape index (κ3) is 5.59. The highest BCUT2D eigenvalue weighted by Gasteiger charge is 2.16. The van der Waals surface area contributed by atoms with Crippen molar-refractivity contribution in [3.63, 3.8) is 0 Å². The number of anilines is 2. The number of hydrogen-bond acceptors (Lipinski definition) is 7. The minimum atomic E-state index is -3.78. The number of hydrogen-bond donors (Lipinski definition) is 1. The van der Waals surface area contributed by atoms with Crippen LogP contribution in [0.3, 0.4) is 0 Å². The maximum atomic E-state index is 12.9. The number of aromatic nitrogens is 2. The number of ether oxygens (including phenoxy) is 2. The normalized spacial score (nSPS) is 13.9. The predicted octanol–water partition coefficient (Wildman–Crippen LogP) is 4.57. The fourth-order valence-corrected chi connectivity index (χ4v) is 4.76. The zero-order chi connectivity index (χ0) is 24.1. The van der Waals surface area contributed by atoms with Crippen LogP contribution in [0.15, 0.2) is 95.9 Å². The number of sulfonamides is 1. The van der Waals surface area contributed by atoms with Gasteiger partial charge in [0.05, 0.1) is 23.8 Å². The highest BCUT2D eigenvalue weighted by molar-refractivity contribution is 7.92. The lowest BCUT2D eigenvalue weighted by Crippen LogP contribution is -2.36. The van der Waals surface area contributed by atoms with Gasteiger partial charge < -0.3 is 14.4 Å². The Hall–Kier alpha value is -3.95. The summed E-state index contributed by atoms with van der Waals surface area (Å²) in [5.41, 5.74) is 1.86. The van der Waals surface area contributed by atoms with Crippen molar-refractivity contribution in [3.8, 4) is 22.8 Å². The molecule has 0 amide bonds. The van der Waals surface area contributed by atoms with E-state index < -0.39 is 10.0 Å². The van der Waals surface area contributed by atoms with Crippen LogP contribution in [0.5, 0.6) is 11.5 Å². The molecule has 4 aromatic rings. The highest BCUT2D eigenvalue weighted by atomic mass is 32.2. The second-order valence-electron chi connectivity index (χ2n) is 7.95. The molecule has 1 aromatic heterocycles. The van der Waals surface area contributed by atoms with Crippen LogP contribution in [-0.2, 0) is 14.8 Å². The molecule has 9 heteroatoms. The Morgan fingerprint density at radius 3 is 2.26 bits per heavy atom. The number of para-hydroxylation sites is 1. The van der Waals surface area contributed by atoms with E-state index in [1.165, 1.54) is 12.1 Å². The molecule has 3 aromatic carbocycles. The topological polar surface area (TPSA) is 93.7 Å². The summed E-state index contributed by atoms with van der Waals surface area (Å²) in [6.45, 7) is 2.91. The third-order valence-electron chi connectivity index (χ3n) is 5.51. The van der Waals surface area contributed by atoms with Crippen LogP contribution in [0.25, 0.3) is 11.3 Å². The molecule has 1 saturated heterocycles. The van der Waals surface area contributed by atoms with Gasteiger partial charge in [0.2, 0.25) is 0 Å². The maximum Gasteiger partial charge on any atom is 0.261 e. The number of morpholine rings is 1. The van der Waals surface area contributed by atoms with Crippen LogP contribution in [0, 0.1) is 0 Å². The Morgan fingerprint density at radius 2 is 1.54 bits per heavy atom. The third-order valence-corrected chi connectivity index (χ3v) is 6.91. The second kappa shape index (κ2) is 10.1. The van der Waals surface area contributed by atoms with E-state index in [9.17, 15) is 8.42 Å². The van der Waals surface area contributed by atoms with E-state index in [4.69, 9.17) is 9.47 Å². The summed E-state index contributed by atoms with van der Waals surface area (Å²) in [5.74, 6) is 2.03. The van der Waals surface area contributed by atoms with Crippen molar-refractivity contribution < 1.29 is 17.9 Å². The zero-order valence-corrected chi connectivity index (χ0v) is 19.7. The summed E-state index contributed by atoms with van der Waals surface area (Å²) in [7, 11) is -3.78. The van der Waals surface area contributed by atoms with Gasteiger partial charge in [0.15, 0.2) is 5.82 Å². The molecule has 8 nitrogen and oxygen atoms in total. The monoisotopic (exact) mass is 488 g/mol. The Morgan fingerprint density at radius 1 is 0.800 bits per heavy atom. The molecule has 1 aliphatic heterocycles. The van der Waals surface area contributed by atoms with Crippen molar-refractivity contribution in [3.05, 3.63) is 91.0 Å². The molecule has 35 heavy (non-hydrogen) atoms. The molecule has 178 valence electrons. The van der Waals surface area contributed by atoms with Gasteiger partial charge in [-0.3, -0.25) is 4.72 Å². The lowest BCUT2D eigenvalue weighted by atomic mass is 10.1. The molecule has 0 atom stereocenters. The molecule has 5 rings (SSSR count). The molecule has 0 bridgehead atoms. The fraction of sp³-hybridized carbons (Fsp3) is 0.154. The number of rotatable bonds is 7. The first-order chi connectivity index (χ1) is 17.1. The minimum Gasteiger partial charge on any atom is -0.457 e. The van der Waals surface area contributed by atoms with E-state index in [0.717, 1.165) is 24.5 Å². The Kier molecular flexibility index (Phi) is 6.60. The van der Waals surface area contributed by atoms with E-state index >= 15 is 0 Å². The average molecular weight is 489 g/mol. The molecule has 0 saturated carbocycles. The van der Waals surface area contributed by atoms with Gasteiger partial charge in [-0.15, -0.1) is 10.2 Å². The summed E-state index contributed by atoms with van der Waals surface area (Å²) in [6, 6.07) is 26.5. The quantitative estimate of drug-likeness (QED) is 0.407. The van der Waals surface area contributed by atoms with Gasteiger partial charge in [-0.25, -0.2) is 8.42 Å². The summed E-state index contributed by atoms with van der Waals surface area (Å²) >= 11 is 0. The molecule has 0 aliphatic carbocycles. The van der Waals surface area contributed by atoms with Gasteiger partial charge in [-0.2, -0.15) is 0 Å². The van der Waals surface area contributed by atoms with E-state index in [-0.39, 0.29) is 4.90 Å². The molecular formula is C26H24N4O4S. The van der Waals surface area contributed by atoms with Gasteiger partial charge in [0, 0.05) is 24.3 Å². The minimum absolute atomic E-state index is 0.137. The molecule has 1 N–H and O–H groups in total. The molecule has 1 fully saturated rings. The zero-order valence-electron chi connectivity index (χ0n) is 18.9. The van der Waals surface area contributed by atoms with Gasteiger partial charge >= 0.3 is 0 Å². The van der Waals surface area contributed by atoms with Crippen molar-refractivity contribution in [2.45, 2.75) is 4.90 Å². The Bertz CT molecular complexity index is 1370. The molecule has 0 unspecified atom stereocenters. The Labute approximate surface area is 204 Å². The van der Waals surface area contributed by atoms with Gasteiger partial charge in [-0.05, 0) is 60.7 Å². The van der Waals surface area contributed by atoms with Crippen molar-refractivity contribution in [2.24, 2.45) is 0 Å². The van der Waals surface area contributed by atoms with Crippen LogP contribution in [-0.4, -0.2) is 44.9 Å². The standard InChI is InChI=1S/C26H24N4O4S/c31-35(32,24-11-9-23(10-12-24)34-22-7-2-1-3-8-22)29-21-6-4-5-20(19-21)25-13-14-26(28-27-25)30-15-17-33-18-16-30/h1-14,19,29H,15-18H2. The van der Waals surface area contributed by atoms with E-state index in [0.29, 0.717) is 36.1 Å². The van der Waals surface area contributed by atoms with Crippen LogP contribution in [0.2, 0.25) is 0 Å². The Balaban J connectivity index is 1.28. The number of nitrogens with one attached hydrogen (secondary N) is 1. The maximum absolute atomic E-state index is 12.9. The van der Waals surface area contributed by atoms with E-state index in [2.05, 4.69) is 19.8 Å². The predicted molar refractivity (Wildman–Crippen MR) is 134 cm³/mol. The largest absolute Gasteiger partial charge is 0.457 e. The van der Waals surface area contributed by atoms with E-state index in [1.54, 1.807) is 30.3 Å². The SMILES string of the molecule is O=S(=O)(Nc1cccc(-c2ccc(N3CCOCC3)nn2)c1)c1ccc(Oc2ccccc2)cc1. The molecule has 0 radical (unpaired) electrons. The average Bonchev–Trinajstić information content (AvgIpc) is 2.90. The smallest absolute Gasteiger partial charge is 0.261 e. The number of nitrogens with zero attached hydrogens (tertiary/aromatic N) is 3. The molecular weight excluding hydrogens is 464 g/mol. The lowest BCUT2D eigenvalue weighted by Gasteiger charge is -2.27. The first kappa shape index (κ1) is 22.8.